The molecule has 0 aliphatic heterocycles. The SMILES string of the molecule is CCNC(=NCc1cccc(Cn2ccnc2C)c1)NCCn1cnnc1CC.I. The summed E-state index contributed by atoms with van der Waals surface area (Å²) in [5.41, 5.74) is 2.43. The Morgan fingerprint density at radius 1 is 1.13 bits per heavy atom. The molecule has 3 rings (SSSR count). The molecule has 0 saturated carbocycles. The first-order valence-corrected chi connectivity index (χ1v) is 10.1. The van der Waals surface area contributed by atoms with E-state index in [1.807, 2.05) is 19.3 Å². The number of aliphatic imine (C=N–C) groups is 1. The molecule has 0 bridgehead atoms. The first kappa shape index (κ1) is 23.8. The molecule has 0 spiro atoms. The summed E-state index contributed by atoms with van der Waals surface area (Å²) in [6.45, 7) is 10.0. The van der Waals surface area contributed by atoms with Crippen molar-refractivity contribution in [3.8, 4) is 0 Å². The van der Waals surface area contributed by atoms with Crippen LogP contribution in [0, 0.1) is 6.92 Å². The number of benzene rings is 1. The van der Waals surface area contributed by atoms with Gasteiger partial charge in [-0.3, -0.25) is 0 Å². The normalized spacial score (nSPS) is 11.2. The van der Waals surface area contributed by atoms with Crippen molar-refractivity contribution in [3.63, 3.8) is 0 Å². The van der Waals surface area contributed by atoms with E-state index in [9.17, 15) is 0 Å². The zero-order chi connectivity index (χ0) is 20.5. The van der Waals surface area contributed by atoms with Gasteiger partial charge in [0.2, 0.25) is 0 Å². The summed E-state index contributed by atoms with van der Waals surface area (Å²) in [5, 5.41) is 14.8. The summed E-state index contributed by atoms with van der Waals surface area (Å²) in [7, 11) is 0. The number of hydrogen-bond acceptors (Lipinski definition) is 4. The average molecular weight is 522 g/mol. The molecular weight excluding hydrogens is 491 g/mol. The van der Waals surface area contributed by atoms with Gasteiger partial charge < -0.3 is 19.8 Å². The molecule has 0 saturated heterocycles. The Hall–Kier alpha value is -2.43. The Morgan fingerprint density at radius 3 is 2.70 bits per heavy atom. The number of imidazole rings is 1. The predicted octanol–water partition coefficient (Wildman–Crippen LogP) is 2.77. The molecule has 2 aromatic heterocycles. The van der Waals surface area contributed by atoms with Gasteiger partial charge in [0.25, 0.3) is 0 Å². The van der Waals surface area contributed by atoms with Gasteiger partial charge in [-0.1, -0.05) is 31.2 Å². The van der Waals surface area contributed by atoms with Crippen LogP contribution >= 0.6 is 24.0 Å². The molecule has 162 valence electrons. The Labute approximate surface area is 195 Å². The zero-order valence-electron chi connectivity index (χ0n) is 17.9. The van der Waals surface area contributed by atoms with E-state index in [2.05, 4.69) is 73.1 Å². The molecule has 0 aliphatic rings. The number of rotatable bonds is 9. The second kappa shape index (κ2) is 12.3. The zero-order valence-corrected chi connectivity index (χ0v) is 20.2. The molecule has 8 nitrogen and oxygen atoms in total. The minimum atomic E-state index is 0. The van der Waals surface area contributed by atoms with Crippen molar-refractivity contribution in [1.29, 1.82) is 0 Å². The fourth-order valence-corrected chi connectivity index (χ4v) is 3.14. The van der Waals surface area contributed by atoms with E-state index >= 15 is 0 Å². The van der Waals surface area contributed by atoms with E-state index in [4.69, 9.17) is 4.99 Å². The van der Waals surface area contributed by atoms with Crippen LogP contribution < -0.4 is 10.6 Å². The van der Waals surface area contributed by atoms with Gasteiger partial charge in [0.05, 0.1) is 6.54 Å². The lowest BCUT2D eigenvalue weighted by Crippen LogP contribution is -2.38. The fourth-order valence-electron chi connectivity index (χ4n) is 3.14. The summed E-state index contributed by atoms with van der Waals surface area (Å²) in [6.07, 6.45) is 6.50. The van der Waals surface area contributed by atoms with Crippen molar-refractivity contribution in [1.82, 2.24) is 34.9 Å². The van der Waals surface area contributed by atoms with Gasteiger partial charge in [0, 0.05) is 45.0 Å². The van der Waals surface area contributed by atoms with Crippen LogP contribution in [0.2, 0.25) is 0 Å². The minimum Gasteiger partial charge on any atom is -0.357 e. The van der Waals surface area contributed by atoms with E-state index in [-0.39, 0.29) is 24.0 Å². The Morgan fingerprint density at radius 2 is 1.97 bits per heavy atom. The molecule has 0 amide bonds. The van der Waals surface area contributed by atoms with E-state index in [0.717, 1.165) is 50.2 Å². The standard InChI is InChI=1S/C21H30N8.HI/c1-4-20-27-26-16-29(20)12-10-24-21(22-5-2)25-14-18-7-6-8-19(13-18)15-28-11-9-23-17(28)3;/h6-9,11,13,16H,4-5,10,12,14-15H2,1-3H3,(H2,22,24,25);1H. The molecule has 0 aliphatic carbocycles. The van der Waals surface area contributed by atoms with Gasteiger partial charge in [0.15, 0.2) is 5.96 Å². The quantitative estimate of drug-likeness (QED) is 0.257. The van der Waals surface area contributed by atoms with Crippen LogP contribution in [0.25, 0.3) is 0 Å². The summed E-state index contributed by atoms with van der Waals surface area (Å²) in [5.74, 6) is 2.83. The fraction of sp³-hybridized carbons (Fsp3) is 0.429. The van der Waals surface area contributed by atoms with Gasteiger partial charge >= 0.3 is 0 Å². The van der Waals surface area contributed by atoms with E-state index in [1.165, 1.54) is 11.1 Å². The van der Waals surface area contributed by atoms with Crippen LogP contribution in [-0.4, -0.2) is 43.4 Å². The van der Waals surface area contributed by atoms with Gasteiger partial charge in [-0.15, -0.1) is 34.2 Å². The number of aromatic nitrogens is 5. The third kappa shape index (κ3) is 6.82. The van der Waals surface area contributed by atoms with Crippen molar-refractivity contribution in [2.24, 2.45) is 4.99 Å². The number of nitrogens with one attached hydrogen (secondary N) is 2. The van der Waals surface area contributed by atoms with Crippen molar-refractivity contribution in [3.05, 3.63) is 65.8 Å². The van der Waals surface area contributed by atoms with Crippen LogP contribution in [0.3, 0.4) is 0 Å². The highest BCUT2D eigenvalue weighted by atomic mass is 127. The molecule has 30 heavy (non-hydrogen) atoms. The van der Waals surface area contributed by atoms with Crippen LogP contribution in [0.4, 0.5) is 0 Å². The van der Waals surface area contributed by atoms with Crippen molar-refractivity contribution in [2.75, 3.05) is 13.1 Å². The summed E-state index contributed by atoms with van der Waals surface area (Å²) < 4.78 is 4.21. The van der Waals surface area contributed by atoms with Gasteiger partial charge in [-0.2, -0.15) is 0 Å². The topological polar surface area (TPSA) is 85.0 Å². The molecule has 3 aromatic rings. The van der Waals surface area contributed by atoms with Crippen LogP contribution in [-0.2, 0) is 26.1 Å². The highest BCUT2D eigenvalue weighted by molar-refractivity contribution is 14.0. The lowest BCUT2D eigenvalue weighted by atomic mass is 10.1. The van der Waals surface area contributed by atoms with Crippen LogP contribution in [0.1, 0.15) is 36.6 Å². The average Bonchev–Trinajstić information content (AvgIpc) is 3.35. The Bertz CT molecular complexity index is 930. The molecule has 1 aromatic carbocycles. The first-order chi connectivity index (χ1) is 14.2. The van der Waals surface area contributed by atoms with E-state index in [0.29, 0.717) is 6.54 Å². The molecule has 9 heteroatoms. The predicted molar refractivity (Wildman–Crippen MR) is 130 cm³/mol. The summed E-state index contributed by atoms with van der Waals surface area (Å²) in [6, 6.07) is 8.55. The number of nitrogens with zero attached hydrogens (tertiary/aromatic N) is 6. The lowest BCUT2D eigenvalue weighted by molar-refractivity contribution is 0.632. The number of halogens is 1. The van der Waals surface area contributed by atoms with Gasteiger partial charge in [0.1, 0.15) is 18.0 Å². The minimum absolute atomic E-state index is 0. The van der Waals surface area contributed by atoms with Crippen molar-refractivity contribution >= 4 is 29.9 Å². The van der Waals surface area contributed by atoms with Gasteiger partial charge in [-0.25, -0.2) is 9.98 Å². The second-order valence-corrected chi connectivity index (χ2v) is 6.84. The molecule has 0 atom stereocenters. The Balaban J connectivity index is 0.00000320. The van der Waals surface area contributed by atoms with E-state index in [1.54, 1.807) is 6.33 Å². The van der Waals surface area contributed by atoms with Crippen LogP contribution in [0.5, 0.6) is 0 Å². The smallest absolute Gasteiger partial charge is 0.191 e. The number of aryl methyl sites for hydroxylation is 2. The Kier molecular flexibility index (Phi) is 9.78. The number of guanidine groups is 1. The largest absolute Gasteiger partial charge is 0.357 e. The summed E-state index contributed by atoms with van der Waals surface area (Å²) in [4.78, 5) is 9.02. The third-order valence-corrected chi connectivity index (χ3v) is 4.69. The third-order valence-electron chi connectivity index (χ3n) is 4.69. The van der Waals surface area contributed by atoms with Crippen LogP contribution in [0.15, 0.2) is 48.0 Å². The van der Waals surface area contributed by atoms with Crippen molar-refractivity contribution < 1.29 is 0 Å². The molecule has 0 unspecified atom stereocenters. The maximum Gasteiger partial charge on any atom is 0.191 e. The maximum absolute atomic E-state index is 4.74. The van der Waals surface area contributed by atoms with Crippen molar-refractivity contribution in [2.45, 2.75) is 46.8 Å². The summed E-state index contributed by atoms with van der Waals surface area (Å²) >= 11 is 0. The van der Waals surface area contributed by atoms with Gasteiger partial charge in [-0.05, 0) is 25.0 Å². The second-order valence-electron chi connectivity index (χ2n) is 6.84. The molecule has 0 radical (unpaired) electrons. The first-order valence-electron chi connectivity index (χ1n) is 10.1. The maximum atomic E-state index is 4.74. The number of hydrogen-bond donors (Lipinski definition) is 2. The molecule has 0 fully saturated rings. The highest BCUT2D eigenvalue weighted by Crippen LogP contribution is 2.09. The molecule has 2 heterocycles. The molecular formula is C21H31IN8. The monoisotopic (exact) mass is 522 g/mol. The molecule has 2 N–H and O–H groups in total. The highest BCUT2D eigenvalue weighted by Gasteiger charge is 2.03. The lowest BCUT2D eigenvalue weighted by Gasteiger charge is -2.12. The van der Waals surface area contributed by atoms with E-state index < -0.39 is 0 Å².